The summed E-state index contributed by atoms with van der Waals surface area (Å²) in [6, 6.07) is 2.60. The van der Waals surface area contributed by atoms with E-state index < -0.39 is 15.8 Å². The molecule has 0 saturated carbocycles. The molecule has 1 aromatic rings. The molecule has 118 valence electrons. The lowest BCUT2D eigenvalue weighted by Crippen LogP contribution is -2.34. The van der Waals surface area contributed by atoms with Gasteiger partial charge in [0.25, 0.3) is 0 Å². The summed E-state index contributed by atoms with van der Waals surface area (Å²) in [5.41, 5.74) is 6.12. The van der Waals surface area contributed by atoms with Crippen molar-refractivity contribution >= 4 is 15.7 Å². The summed E-state index contributed by atoms with van der Waals surface area (Å²) in [7, 11) is -2.40. The molecule has 7 heteroatoms. The zero-order valence-electron chi connectivity index (χ0n) is 12.3. The van der Waals surface area contributed by atoms with E-state index in [-0.39, 0.29) is 22.1 Å². The van der Waals surface area contributed by atoms with Gasteiger partial charge in [-0.25, -0.2) is 17.1 Å². The number of halogens is 1. The third-order valence-electron chi connectivity index (χ3n) is 3.79. The predicted octanol–water partition coefficient (Wildman–Crippen LogP) is 1.76. The van der Waals surface area contributed by atoms with Gasteiger partial charge in [0.2, 0.25) is 10.0 Å². The van der Waals surface area contributed by atoms with Crippen LogP contribution in [0.25, 0.3) is 0 Å². The van der Waals surface area contributed by atoms with Gasteiger partial charge in [-0.1, -0.05) is 0 Å². The van der Waals surface area contributed by atoms with Gasteiger partial charge in [0.05, 0.1) is 0 Å². The Kier molecular flexibility index (Phi) is 4.85. The first-order chi connectivity index (χ1) is 9.82. The Morgan fingerprint density at radius 1 is 1.38 bits per heavy atom. The molecule has 21 heavy (non-hydrogen) atoms. The minimum absolute atomic E-state index is 0.230. The van der Waals surface area contributed by atoms with Gasteiger partial charge in [-0.05, 0) is 43.4 Å². The zero-order valence-corrected chi connectivity index (χ0v) is 13.1. The van der Waals surface area contributed by atoms with Gasteiger partial charge < -0.3 is 10.5 Å². The summed E-state index contributed by atoms with van der Waals surface area (Å²) < 4.78 is 45.7. The van der Waals surface area contributed by atoms with Crippen LogP contribution >= 0.6 is 0 Å². The first-order valence-electron chi connectivity index (χ1n) is 6.92. The standard InChI is InChI=1S/C14H21FN2O3S/c1-10-7-12(16)8-13(14(10)15)21(18,19)17(2)9-11-3-5-20-6-4-11/h7-8,11H,3-6,9,16H2,1-2H3. The number of sulfonamides is 1. The van der Waals surface area contributed by atoms with Crippen LogP contribution in [0.1, 0.15) is 18.4 Å². The lowest BCUT2D eigenvalue weighted by molar-refractivity contribution is 0.0620. The number of hydrogen-bond donors (Lipinski definition) is 1. The van der Waals surface area contributed by atoms with Crippen LogP contribution in [0.2, 0.25) is 0 Å². The fourth-order valence-electron chi connectivity index (χ4n) is 2.51. The summed E-state index contributed by atoms with van der Waals surface area (Å²) in [6.45, 7) is 3.15. The van der Waals surface area contributed by atoms with E-state index in [0.29, 0.717) is 19.8 Å². The van der Waals surface area contributed by atoms with Gasteiger partial charge in [0.15, 0.2) is 0 Å². The van der Waals surface area contributed by atoms with E-state index in [1.807, 2.05) is 0 Å². The average Bonchev–Trinajstić information content (AvgIpc) is 2.43. The maximum absolute atomic E-state index is 14.1. The molecule has 1 heterocycles. The van der Waals surface area contributed by atoms with E-state index in [1.54, 1.807) is 0 Å². The molecule has 0 radical (unpaired) electrons. The number of nitrogens with two attached hydrogens (primary N) is 1. The molecule has 5 nitrogen and oxygen atoms in total. The number of ether oxygens (including phenoxy) is 1. The van der Waals surface area contributed by atoms with E-state index in [1.165, 1.54) is 30.4 Å². The maximum atomic E-state index is 14.1. The van der Waals surface area contributed by atoms with E-state index in [4.69, 9.17) is 10.5 Å². The maximum Gasteiger partial charge on any atom is 0.245 e. The van der Waals surface area contributed by atoms with Gasteiger partial charge in [-0.3, -0.25) is 0 Å². The number of nitrogens with zero attached hydrogens (tertiary/aromatic N) is 1. The molecule has 1 aromatic carbocycles. The third-order valence-corrected chi connectivity index (χ3v) is 5.61. The second-order valence-corrected chi connectivity index (χ2v) is 7.50. The summed E-state index contributed by atoms with van der Waals surface area (Å²) in [4.78, 5) is -0.352. The van der Waals surface area contributed by atoms with Crippen molar-refractivity contribution in [2.45, 2.75) is 24.7 Å². The molecule has 2 N–H and O–H groups in total. The molecule has 2 rings (SSSR count). The molecule has 0 unspecified atom stereocenters. The van der Waals surface area contributed by atoms with E-state index in [9.17, 15) is 12.8 Å². The number of rotatable bonds is 4. The fraction of sp³-hybridized carbons (Fsp3) is 0.571. The van der Waals surface area contributed by atoms with E-state index >= 15 is 0 Å². The SMILES string of the molecule is Cc1cc(N)cc(S(=O)(=O)N(C)CC2CCOCC2)c1F. The van der Waals surface area contributed by atoms with Crippen LogP contribution in [-0.2, 0) is 14.8 Å². The van der Waals surface area contributed by atoms with Crippen molar-refractivity contribution in [2.24, 2.45) is 5.92 Å². The van der Waals surface area contributed by atoms with Crippen molar-refractivity contribution in [2.75, 3.05) is 32.5 Å². The number of anilines is 1. The Balaban J connectivity index is 2.24. The largest absolute Gasteiger partial charge is 0.399 e. The summed E-state index contributed by atoms with van der Waals surface area (Å²) in [5.74, 6) is -0.494. The van der Waals surface area contributed by atoms with Crippen molar-refractivity contribution in [3.8, 4) is 0 Å². The minimum Gasteiger partial charge on any atom is -0.399 e. The van der Waals surface area contributed by atoms with Gasteiger partial charge in [0, 0.05) is 32.5 Å². The van der Waals surface area contributed by atoms with Crippen molar-refractivity contribution in [1.82, 2.24) is 4.31 Å². The highest BCUT2D eigenvalue weighted by Crippen LogP contribution is 2.25. The molecule has 0 amide bonds. The highest BCUT2D eigenvalue weighted by atomic mass is 32.2. The highest BCUT2D eigenvalue weighted by Gasteiger charge is 2.28. The number of hydrogen-bond acceptors (Lipinski definition) is 4. The van der Waals surface area contributed by atoms with Crippen molar-refractivity contribution in [1.29, 1.82) is 0 Å². The molecule has 1 fully saturated rings. The van der Waals surface area contributed by atoms with Crippen LogP contribution in [0.5, 0.6) is 0 Å². The lowest BCUT2D eigenvalue weighted by atomic mass is 10.0. The Morgan fingerprint density at radius 3 is 2.62 bits per heavy atom. The summed E-state index contributed by atoms with van der Waals surface area (Å²) in [5, 5.41) is 0. The second kappa shape index (κ2) is 6.29. The summed E-state index contributed by atoms with van der Waals surface area (Å²) in [6.07, 6.45) is 1.64. The quantitative estimate of drug-likeness (QED) is 0.859. The molecule has 0 atom stereocenters. The molecular formula is C14H21FN2O3S. The van der Waals surface area contributed by atoms with Crippen LogP contribution in [-0.4, -0.2) is 39.5 Å². The molecular weight excluding hydrogens is 295 g/mol. The zero-order chi connectivity index (χ0) is 15.6. The van der Waals surface area contributed by atoms with Crippen LogP contribution < -0.4 is 5.73 Å². The van der Waals surface area contributed by atoms with E-state index in [2.05, 4.69) is 0 Å². The molecule has 1 aliphatic rings. The molecule has 1 saturated heterocycles. The number of benzene rings is 1. The molecule has 0 spiro atoms. The fourth-order valence-corrected chi connectivity index (χ4v) is 3.93. The molecule has 0 aliphatic carbocycles. The lowest BCUT2D eigenvalue weighted by Gasteiger charge is -2.27. The van der Waals surface area contributed by atoms with Gasteiger partial charge in [-0.2, -0.15) is 0 Å². The first kappa shape index (κ1) is 16.2. The molecule has 0 bridgehead atoms. The van der Waals surface area contributed by atoms with Crippen LogP contribution in [0, 0.1) is 18.7 Å². The van der Waals surface area contributed by atoms with Crippen LogP contribution in [0.15, 0.2) is 17.0 Å². The Labute approximate surface area is 124 Å². The highest BCUT2D eigenvalue weighted by molar-refractivity contribution is 7.89. The Bertz CT molecular complexity index is 613. The average molecular weight is 316 g/mol. The van der Waals surface area contributed by atoms with Crippen molar-refractivity contribution in [3.05, 3.63) is 23.5 Å². The normalized spacial score (nSPS) is 17.3. The predicted molar refractivity (Wildman–Crippen MR) is 78.9 cm³/mol. The van der Waals surface area contributed by atoms with Crippen molar-refractivity contribution in [3.63, 3.8) is 0 Å². The number of aryl methyl sites for hydroxylation is 1. The summed E-state index contributed by atoms with van der Waals surface area (Å²) >= 11 is 0. The van der Waals surface area contributed by atoms with E-state index in [0.717, 1.165) is 12.8 Å². The second-order valence-electron chi connectivity index (χ2n) is 5.49. The number of nitrogen functional groups attached to an aromatic ring is 1. The van der Waals surface area contributed by atoms with Gasteiger partial charge in [-0.15, -0.1) is 0 Å². The van der Waals surface area contributed by atoms with Gasteiger partial charge >= 0.3 is 0 Å². The van der Waals surface area contributed by atoms with Crippen LogP contribution in [0.3, 0.4) is 0 Å². The molecule has 0 aromatic heterocycles. The first-order valence-corrected chi connectivity index (χ1v) is 8.36. The Morgan fingerprint density at radius 2 is 2.00 bits per heavy atom. The smallest absolute Gasteiger partial charge is 0.245 e. The molecule has 1 aliphatic heterocycles. The van der Waals surface area contributed by atoms with Gasteiger partial charge in [0.1, 0.15) is 10.7 Å². The van der Waals surface area contributed by atoms with Crippen molar-refractivity contribution < 1.29 is 17.5 Å². The monoisotopic (exact) mass is 316 g/mol. The van der Waals surface area contributed by atoms with Crippen LogP contribution in [0.4, 0.5) is 10.1 Å². The topological polar surface area (TPSA) is 72.6 Å². The minimum atomic E-state index is -3.88. The third kappa shape index (κ3) is 3.53. The Hall–Kier alpha value is -1.18.